The van der Waals surface area contributed by atoms with Gasteiger partial charge in [-0.05, 0) is 24.1 Å². The number of nitrogens with zero attached hydrogens (tertiary/aromatic N) is 1. The molecule has 1 aromatic carbocycles. The van der Waals surface area contributed by atoms with E-state index in [0.29, 0.717) is 24.7 Å². The third kappa shape index (κ3) is 4.69. The van der Waals surface area contributed by atoms with Gasteiger partial charge in [-0.1, -0.05) is 30.7 Å². The molecular formula is C17H23ClN2O3. The van der Waals surface area contributed by atoms with Crippen LogP contribution in [0, 0.1) is 0 Å². The Kier molecular flexibility index (Phi) is 6.42. The summed E-state index contributed by atoms with van der Waals surface area (Å²) < 4.78 is 5.35. The second-order valence-corrected chi connectivity index (χ2v) is 6.14. The Morgan fingerprint density at radius 1 is 1.39 bits per heavy atom. The Balaban J connectivity index is 1.96. The molecule has 0 bridgehead atoms. The van der Waals surface area contributed by atoms with Crippen LogP contribution in [0.5, 0.6) is 0 Å². The summed E-state index contributed by atoms with van der Waals surface area (Å²) in [5.74, 6) is -0.0444. The maximum atomic E-state index is 12.4. The molecule has 1 aromatic rings. The first kappa shape index (κ1) is 17.8. The lowest BCUT2D eigenvalue weighted by Gasteiger charge is -2.34. The summed E-state index contributed by atoms with van der Waals surface area (Å²) in [6.07, 6.45) is 0.902. The molecule has 0 spiro atoms. The van der Waals surface area contributed by atoms with Crippen molar-refractivity contribution in [2.24, 2.45) is 0 Å². The first-order valence-corrected chi connectivity index (χ1v) is 8.28. The van der Waals surface area contributed by atoms with Gasteiger partial charge in [-0.2, -0.15) is 0 Å². The first-order chi connectivity index (χ1) is 11.0. The number of benzene rings is 1. The minimum absolute atomic E-state index is 0.0989. The van der Waals surface area contributed by atoms with Crippen molar-refractivity contribution in [1.29, 1.82) is 0 Å². The Morgan fingerprint density at radius 2 is 2.09 bits per heavy atom. The quantitative estimate of drug-likeness (QED) is 0.895. The summed E-state index contributed by atoms with van der Waals surface area (Å²) in [5, 5.41) is 3.65. The predicted molar refractivity (Wildman–Crippen MR) is 89.5 cm³/mol. The van der Waals surface area contributed by atoms with Gasteiger partial charge in [0.05, 0.1) is 13.2 Å². The van der Waals surface area contributed by atoms with Crippen molar-refractivity contribution in [3.05, 3.63) is 34.9 Å². The van der Waals surface area contributed by atoms with E-state index in [-0.39, 0.29) is 24.3 Å². The van der Waals surface area contributed by atoms with Gasteiger partial charge < -0.3 is 15.0 Å². The van der Waals surface area contributed by atoms with Crippen molar-refractivity contribution in [3.63, 3.8) is 0 Å². The lowest BCUT2D eigenvalue weighted by molar-refractivity contribution is -0.146. The van der Waals surface area contributed by atoms with Gasteiger partial charge in [-0.15, -0.1) is 0 Å². The summed E-state index contributed by atoms with van der Waals surface area (Å²) in [6, 6.07) is 7.13. The van der Waals surface area contributed by atoms with E-state index in [4.69, 9.17) is 16.3 Å². The van der Waals surface area contributed by atoms with Crippen LogP contribution in [0.1, 0.15) is 31.7 Å². The van der Waals surface area contributed by atoms with Crippen LogP contribution in [0.4, 0.5) is 0 Å². The highest BCUT2D eigenvalue weighted by molar-refractivity contribution is 6.30. The molecule has 1 saturated heterocycles. The zero-order valence-electron chi connectivity index (χ0n) is 13.5. The first-order valence-electron chi connectivity index (χ1n) is 7.91. The molecule has 23 heavy (non-hydrogen) atoms. The van der Waals surface area contributed by atoms with Crippen molar-refractivity contribution in [2.75, 3.05) is 26.3 Å². The van der Waals surface area contributed by atoms with Crippen LogP contribution in [0.15, 0.2) is 24.3 Å². The van der Waals surface area contributed by atoms with Crippen LogP contribution in [0.3, 0.4) is 0 Å². The zero-order valence-corrected chi connectivity index (χ0v) is 14.3. The molecule has 2 atom stereocenters. The van der Waals surface area contributed by atoms with Crippen LogP contribution in [0.25, 0.3) is 0 Å². The number of ether oxygens (including phenoxy) is 1. The zero-order chi connectivity index (χ0) is 16.8. The number of hydrogen-bond acceptors (Lipinski definition) is 3. The van der Waals surface area contributed by atoms with E-state index < -0.39 is 6.04 Å². The molecule has 0 aromatic heterocycles. The van der Waals surface area contributed by atoms with Gasteiger partial charge in [0.1, 0.15) is 6.04 Å². The third-order valence-corrected chi connectivity index (χ3v) is 4.44. The van der Waals surface area contributed by atoms with E-state index in [9.17, 15) is 9.59 Å². The standard InChI is InChI=1S/C17H23ClN2O3/c1-3-13(14-4-6-15(18)7-5-14)10-19-17(22)16-11-23-9-8-20(16)12(2)21/h4-7,13,16H,3,8-11H2,1-2H3,(H,19,22)/t13-,16+/m0/s1. The lowest BCUT2D eigenvalue weighted by atomic mass is 9.96. The van der Waals surface area contributed by atoms with Crippen molar-refractivity contribution in [1.82, 2.24) is 10.2 Å². The summed E-state index contributed by atoms with van der Waals surface area (Å²) in [4.78, 5) is 25.6. The average molecular weight is 339 g/mol. The Hall–Kier alpha value is -1.59. The molecule has 2 amide bonds. The monoisotopic (exact) mass is 338 g/mol. The molecule has 2 rings (SSSR count). The molecule has 1 aliphatic heterocycles. The normalized spacial score (nSPS) is 19.3. The number of halogens is 1. The van der Waals surface area contributed by atoms with E-state index >= 15 is 0 Å². The van der Waals surface area contributed by atoms with Crippen molar-refractivity contribution in [3.8, 4) is 0 Å². The fourth-order valence-electron chi connectivity index (χ4n) is 2.77. The predicted octanol–water partition coefficient (Wildman–Crippen LogP) is 2.20. The highest BCUT2D eigenvalue weighted by Gasteiger charge is 2.31. The smallest absolute Gasteiger partial charge is 0.245 e. The molecule has 1 fully saturated rings. The van der Waals surface area contributed by atoms with Gasteiger partial charge in [-0.25, -0.2) is 0 Å². The number of carbonyl (C=O) groups is 2. The van der Waals surface area contributed by atoms with Crippen molar-refractivity contribution in [2.45, 2.75) is 32.2 Å². The maximum Gasteiger partial charge on any atom is 0.245 e. The summed E-state index contributed by atoms with van der Waals surface area (Å²) in [5.41, 5.74) is 1.14. The van der Waals surface area contributed by atoms with E-state index in [1.165, 1.54) is 6.92 Å². The van der Waals surface area contributed by atoms with Gasteiger partial charge in [-0.3, -0.25) is 9.59 Å². The fourth-order valence-corrected chi connectivity index (χ4v) is 2.90. The number of hydrogen-bond donors (Lipinski definition) is 1. The summed E-state index contributed by atoms with van der Waals surface area (Å²) in [6.45, 7) is 5.28. The van der Waals surface area contributed by atoms with Gasteiger partial charge in [0.2, 0.25) is 11.8 Å². The number of morpholine rings is 1. The molecule has 0 unspecified atom stereocenters. The molecule has 1 aliphatic rings. The minimum Gasteiger partial charge on any atom is -0.377 e. The number of nitrogens with one attached hydrogen (secondary N) is 1. The topological polar surface area (TPSA) is 58.6 Å². The third-order valence-electron chi connectivity index (χ3n) is 4.19. The highest BCUT2D eigenvalue weighted by Crippen LogP contribution is 2.21. The van der Waals surface area contributed by atoms with E-state index in [2.05, 4.69) is 12.2 Å². The Morgan fingerprint density at radius 3 is 2.70 bits per heavy atom. The van der Waals surface area contributed by atoms with Crippen LogP contribution >= 0.6 is 11.6 Å². The van der Waals surface area contributed by atoms with E-state index in [0.717, 1.165) is 12.0 Å². The molecule has 6 heteroatoms. The molecule has 126 valence electrons. The van der Waals surface area contributed by atoms with Gasteiger partial charge in [0.15, 0.2) is 0 Å². The van der Waals surface area contributed by atoms with Crippen LogP contribution < -0.4 is 5.32 Å². The minimum atomic E-state index is -0.538. The molecular weight excluding hydrogens is 316 g/mol. The Labute approximate surface area is 141 Å². The van der Waals surface area contributed by atoms with Gasteiger partial charge >= 0.3 is 0 Å². The van der Waals surface area contributed by atoms with Gasteiger partial charge in [0.25, 0.3) is 0 Å². The second kappa shape index (κ2) is 8.31. The largest absolute Gasteiger partial charge is 0.377 e. The molecule has 0 radical (unpaired) electrons. The SMILES string of the molecule is CC[C@@H](CNC(=O)[C@H]1COCCN1C(C)=O)c1ccc(Cl)cc1. The summed E-state index contributed by atoms with van der Waals surface area (Å²) in [7, 11) is 0. The van der Waals surface area contributed by atoms with E-state index in [1.54, 1.807) is 4.90 Å². The van der Waals surface area contributed by atoms with E-state index in [1.807, 2.05) is 24.3 Å². The number of amides is 2. The molecule has 1 N–H and O–H groups in total. The highest BCUT2D eigenvalue weighted by atomic mass is 35.5. The van der Waals surface area contributed by atoms with Crippen LogP contribution in [-0.2, 0) is 14.3 Å². The molecule has 1 heterocycles. The second-order valence-electron chi connectivity index (χ2n) is 5.70. The number of rotatable bonds is 5. The van der Waals surface area contributed by atoms with Crippen molar-refractivity contribution >= 4 is 23.4 Å². The molecule has 5 nitrogen and oxygen atoms in total. The van der Waals surface area contributed by atoms with Crippen molar-refractivity contribution < 1.29 is 14.3 Å². The van der Waals surface area contributed by atoms with Gasteiger partial charge in [0, 0.05) is 31.0 Å². The van der Waals surface area contributed by atoms with Crippen LogP contribution in [0.2, 0.25) is 5.02 Å². The molecule has 0 aliphatic carbocycles. The average Bonchev–Trinajstić information content (AvgIpc) is 2.56. The Bertz CT molecular complexity index is 547. The maximum absolute atomic E-state index is 12.4. The molecule has 0 saturated carbocycles. The summed E-state index contributed by atoms with van der Waals surface area (Å²) >= 11 is 5.91. The lowest BCUT2D eigenvalue weighted by Crippen LogP contribution is -2.55. The van der Waals surface area contributed by atoms with Crippen LogP contribution in [-0.4, -0.2) is 49.1 Å². The number of carbonyl (C=O) groups excluding carboxylic acids is 2. The fraction of sp³-hybridized carbons (Fsp3) is 0.529.